The van der Waals surface area contributed by atoms with E-state index in [4.69, 9.17) is 0 Å². The minimum absolute atomic E-state index is 0.223. The second kappa shape index (κ2) is 5.73. The van der Waals surface area contributed by atoms with Crippen molar-refractivity contribution in [2.75, 3.05) is 4.90 Å². The van der Waals surface area contributed by atoms with Gasteiger partial charge in [0.1, 0.15) is 11.6 Å². The van der Waals surface area contributed by atoms with Crippen molar-refractivity contribution in [2.24, 2.45) is 10.3 Å². The molecule has 2 atom stereocenters. The van der Waals surface area contributed by atoms with E-state index in [2.05, 4.69) is 10.3 Å². The molecule has 4 rings (SSSR count). The first kappa shape index (κ1) is 15.4. The van der Waals surface area contributed by atoms with Crippen molar-refractivity contribution < 1.29 is 18.4 Å². The van der Waals surface area contributed by atoms with E-state index in [-0.39, 0.29) is 12.4 Å². The van der Waals surface area contributed by atoms with Crippen LogP contribution in [0.4, 0.5) is 14.5 Å². The van der Waals surface area contributed by atoms with Crippen LogP contribution in [0.5, 0.6) is 0 Å². The highest BCUT2D eigenvalue weighted by atomic mass is 19.1. The number of fused-ring (bicyclic) bond motifs is 1. The quantitative estimate of drug-likeness (QED) is 0.805. The predicted octanol–water partition coefficient (Wildman–Crippen LogP) is 2.46. The lowest BCUT2D eigenvalue weighted by Gasteiger charge is -2.20. The van der Waals surface area contributed by atoms with Gasteiger partial charge in [0, 0.05) is 0 Å². The molecule has 0 N–H and O–H groups in total. The van der Waals surface area contributed by atoms with E-state index in [1.807, 2.05) is 0 Å². The summed E-state index contributed by atoms with van der Waals surface area (Å²) in [6, 6.07) is 9.12. The molecule has 2 aliphatic rings. The lowest BCUT2D eigenvalue weighted by molar-refractivity contribution is -0.123. The molecule has 0 unspecified atom stereocenters. The van der Waals surface area contributed by atoms with Gasteiger partial charge in [-0.2, -0.15) is 5.11 Å². The average Bonchev–Trinajstić information content (AvgIpc) is 3.12. The normalized spacial score (nSPS) is 22.0. The maximum absolute atomic E-state index is 13.1. The lowest BCUT2D eigenvalue weighted by Crippen LogP contribution is -2.39. The van der Waals surface area contributed by atoms with E-state index >= 15 is 0 Å². The molecule has 0 spiro atoms. The van der Waals surface area contributed by atoms with Crippen LogP contribution in [0.25, 0.3) is 0 Å². The Morgan fingerprint density at radius 2 is 1.48 bits per heavy atom. The van der Waals surface area contributed by atoms with Crippen molar-refractivity contribution >= 4 is 17.5 Å². The Kier molecular flexibility index (Phi) is 3.52. The minimum Gasteiger partial charge on any atom is -0.271 e. The van der Waals surface area contributed by atoms with Gasteiger partial charge in [-0.1, -0.05) is 17.4 Å². The van der Waals surface area contributed by atoms with Gasteiger partial charge in [0.2, 0.25) is 0 Å². The summed E-state index contributed by atoms with van der Waals surface area (Å²) < 4.78 is 26.1. The molecule has 126 valence electrons. The van der Waals surface area contributed by atoms with Crippen molar-refractivity contribution in [1.29, 1.82) is 0 Å². The van der Waals surface area contributed by atoms with Gasteiger partial charge < -0.3 is 0 Å². The van der Waals surface area contributed by atoms with Crippen LogP contribution < -0.4 is 4.90 Å². The molecule has 2 aromatic rings. The fourth-order valence-corrected chi connectivity index (χ4v) is 2.98. The van der Waals surface area contributed by atoms with Crippen LogP contribution in [0.2, 0.25) is 0 Å². The first-order chi connectivity index (χ1) is 12.0. The van der Waals surface area contributed by atoms with Crippen molar-refractivity contribution in [1.82, 2.24) is 5.01 Å². The third kappa shape index (κ3) is 2.55. The van der Waals surface area contributed by atoms with Gasteiger partial charge in [0.05, 0.1) is 12.2 Å². The molecule has 0 aromatic heterocycles. The second-order valence-corrected chi connectivity index (χ2v) is 5.81. The maximum Gasteiger partial charge on any atom is 0.263 e. The van der Waals surface area contributed by atoms with Crippen molar-refractivity contribution in [3.8, 4) is 0 Å². The molecule has 2 aromatic carbocycles. The second-order valence-electron chi connectivity index (χ2n) is 5.81. The Morgan fingerprint density at radius 3 is 2.12 bits per heavy atom. The summed E-state index contributed by atoms with van der Waals surface area (Å²) in [7, 11) is 0. The highest BCUT2D eigenvalue weighted by molar-refractivity contribution is 6.25. The van der Waals surface area contributed by atoms with Crippen molar-refractivity contribution in [3.05, 3.63) is 65.7 Å². The molecule has 1 fully saturated rings. The zero-order chi connectivity index (χ0) is 17.6. The van der Waals surface area contributed by atoms with Crippen molar-refractivity contribution in [2.45, 2.75) is 18.6 Å². The lowest BCUT2D eigenvalue weighted by atomic mass is 10.1. The number of carbonyl (C=O) groups excluding carboxylic acids is 2. The van der Waals surface area contributed by atoms with Crippen LogP contribution in [0.3, 0.4) is 0 Å². The number of imide groups is 1. The summed E-state index contributed by atoms with van der Waals surface area (Å²) in [5.74, 6) is -1.78. The summed E-state index contributed by atoms with van der Waals surface area (Å²) in [6.45, 7) is 0.223. The zero-order valence-electron chi connectivity index (χ0n) is 12.8. The molecule has 1 saturated heterocycles. The molecule has 8 heteroatoms. The molecule has 6 nitrogen and oxygen atoms in total. The number of anilines is 1. The number of carbonyl (C=O) groups is 2. The molecule has 0 radical (unpaired) electrons. The third-order valence-corrected chi connectivity index (χ3v) is 4.20. The van der Waals surface area contributed by atoms with Crippen LogP contribution in [-0.4, -0.2) is 28.9 Å². The summed E-state index contributed by atoms with van der Waals surface area (Å²) >= 11 is 0. The Balaban J connectivity index is 1.59. The molecule has 2 aliphatic heterocycles. The first-order valence-corrected chi connectivity index (χ1v) is 7.60. The molecule has 0 saturated carbocycles. The first-order valence-electron chi connectivity index (χ1n) is 7.60. The zero-order valence-corrected chi connectivity index (χ0v) is 12.8. The van der Waals surface area contributed by atoms with Crippen LogP contribution in [0.15, 0.2) is 58.9 Å². The van der Waals surface area contributed by atoms with Gasteiger partial charge in [-0.25, -0.2) is 13.7 Å². The average molecular weight is 342 g/mol. The number of benzene rings is 2. The van der Waals surface area contributed by atoms with Gasteiger partial charge in [-0.15, -0.1) is 0 Å². The topological polar surface area (TPSA) is 65.3 Å². The van der Waals surface area contributed by atoms with Gasteiger partial charge >= 0.3 is 0 Å². The van der Waals surface area contributed by atoms with Gasteiger partial charge in [-0.3, -0.25) is 14.6 Å². The van der Waals surface area contributed by atoms with Gasteiger partial charge in [0.15, 0.2) is 12.1 Å². The molecule has 0 aliphatic carbocycles. The van der Waals surface area contributed by atoms with E-state index < -0.39 is 29.7 Å². The molecule has 2 heterocycles. The number of halogens is 2. The number of hydrogen-bond donors (Lipinski definition) is 0. The van der Waals surface area contributed by atoms with Crippen LogP contribution in [0, 0.1) is 11.6 Å². The van der Waals surface area contributed by atoms with Gasteiger partial charge in [-0.05, 0) is 42.0 Å². The molecule has 25 heavy (non-hydrogen) atoms. The summed E-state index contributed by atoms with van der Waals surface area (Å²) in [5, 5.41) is 9.24. The Hall–Kier alpha value is -3.16. The summed E-state index contributed by atoms with van der Waals surface area (Å²) in [5.41, 5.74) is 1.03. The smallest absolute Gasteiger partial charge is 0.263 e. The molecular formula is C17H12F2N4O2. The number of hydrogen-bond acceptors (Lipinski definition) is 5. The minimum atomic E-state index is -0.919. The van der Waals surface area contributed by atoms with Crippen LogP contribution in [-0.2, 0) is 16.1 Å². The largest absolute Gasteiger partial charge is 0.271 e. The molecule has 0 bridgehead atoms. The van der Waals surface area contributed by atoms with Crippen LogP contribution in [0.1, 0.15) is 5.56 Å². The summed E-state index contributed by atoms with van der Waals surface area (Å²) in [6.07, 6.45) is 0. The highest BCUT2D eigenvalue weighted by Gasteiger charge is 2.54. The fraction of sp³-hybridized carbons (Fsp3) is 0.176. The van der Waals surface area contributed by atoms with Gasteiger partial charge in [0.25, 0.3) is 11.8 Å². The molecular weight excluding hydrogens is 330 g/mol. The highest BCUT2D eigenvalue weighted by Crippen LogP contribution is 2.32. The SMILES string of the molecule is O=C1[C@H]2N=NN(Cc3ccc(F)cc3)[C@@H]2C(=O)N1c1ccc(F)cc1. The maximum atomic E-state index is 13.1. The van der Waals surface area contributed by atoms with E-state index in [1.54, 1.807) is 12.1 Å². The number of amides is 2. The third-order valence-electron chi connectivity index (χ3n) is 4.20. The number of nitrogens with zero attached hydrogens (tertiary/aromatic N) is 4. The Morgan fingerprint density at radius 1 is 0.880 bits per heavy atom. The number of rotatable bonds is 3. The van der Waals surface area contributed by atoms with E-state index in [9.17, 15) is 18.4 Å². The Bertz CT molecular complexity index is 867. The van der Waals surface area contributed by atoms with E-state index in [0.717, 1.165) is 10.5 Å². The standard InChI is InChI=1S/C17H12F2N4O2/c18-11-3-1-10(2-4-11)9-22-15-14(20-21-22)16(24)23(17(15)25)13-7-5-12(19)6-8-13/h1-8,14-15H,9H2/t14-,15-/m0/s1. The predicted molar refractivity (Wildman–Crippen MR) is 83.3 cm³/mol. The van der Waals surface area contributed by atoms with Crippen molar-refractivity contribution in [3.63, 3.8) is 0 Å². The fourth-order valence-electron chi connectivity index (χ4n) is 2.98. The van der Waals surface area contributed by atoms with E-state index in [0.29, 0.717) is 5.69 Å². The Labute approximate surface area is 141 Å². The monoisotopic (exact) mass is 342 g/mol. The van der Waals surface area contributed by atoms with E-state index in [1.165, 1.54) is 41.4 Å². The van der Waals surface area contributed by atoms with Crippen LogP contribution >= 0.6 is 0 Å². The molecule has 2 amide bonds. The summed E-state index contributed by atoms with van der Waals surface area (Å²) in [4.78, 5) is 26.2.